The minimum Gasteiger partial charge on any atom is -0.406 e. The average molecular weight is 378 g/mol. The van der Waals surface area contributed by atoms with E-state index in [9.17, 15) is 31.1 Å². The number of carbonyl (C=O) groups is 1. The van der Waals surface area contributed by atoms with E-state index in [0.29, 0.717) is 11.1 Å². The number of hydrogen-bond acceptors (Lipinski definition) is 3. The quantitative estimate of drug-likeness (QED) is 0.675. The van der Waals surface area contributed by atoms with E-state index in [1.54, 1.807) is 0 Å². The van der Waals surface area contributed by atoms with Crippen LogP contribution in [-0.2, 0) is 17.6 Å². The van der Waals surface area contributed by atoms with Crippen molar-refractivity contribution in [2.45, 2.75) is 25.6 Å². The molecule has 2 rings (SSSR count). The van der Waals surface area contributed by atoms with Gasteiger partial charge in [0.1, 0.15) is 17.3 Å². The van der Waals surface area contributed by atoms with Gasteiger partial charge in [0.15, 0.2) is 0 Å². The van der Waals surface area contributed by atoms with E-state index in [1.807, 2.05) is 0 Å². The predicted octanol–water partition coefficient (Wildman–Crippen LogP) is 4.84. The fourth-order valence-electron chi connectivity index (χ4n) is 2.14. The van der Waals surface area contributed by atoms with Crippen molar-refractivity contribution in [3.8, 4) is 11.5 Å². The lowest BCUT2D eigenvalue weighted by atomic mass is 10.0. The van der Waals surface area contributed by atoms with Crippen molar-refractivity contribution in [3.63, 3.8) is 0 Å². The average Bonchev–Trinajstić information content (AvgIpc) is 2.48. The Balaban J connectivity index is 1.90. The molecule has 3 nitrogen and oxygen atoms in total. The van der Waals surface area contributed by atoms with Gasteiger partial charge >= 0.3 is 12.7 Å². The maximum absolute atomic E-state index is 12.1. The topological polar surface area (TPSA) is 35.5 Å². The molecule has 0 radical (unpaired) electrons. The van der Waals surface area contributed by atoms with Gasteiger partial charge < -0.3 is 9.47 Å². The second kappa shape index (κ2) is 7.67. The van der Waals surface area contributed by atoms with Gasteiger partial charge in [-0.15, -0.1) is 26.3 Å². The summed E-state index contributed by atoms with van der Waals surface area (Å²) in [5.41, 5.74) is 0.975. The summed E-state index contributed by atoms with van der Waals surface area (Å²) in [7, 11) is 0. The van der Waals surface area contributed by atoms with Gasteiger partial charge in [0.25, 0.3) is 0 Å². The SMILES string of the molecule is O=C(Cc1ccc(OC(F)(F)F)cc1)Cc1ccc(OC(F)(F)F)cc1. The van der Waals surface area contributed by atoms with Crippen molar-refractivity contribution in [3.05, 3.63) is 59.7 Å². The van der Waals surface area contributed by atoms with Crippen LogP contribution in [0.2, 0.25) is 0 Å². The summed E-state index contributed by atoms with van der Waals surface area (Å²) in [6.45, 7) is 0. The number of ether oxygens (including phenoxy) is 2. The molecule has 0 aliphatic carbocycles. The molecule has 0 saturated heterocycles. The highest BCUT2D eigenvalue weighted by molar-refractivity contribution is 5.83. The van der Waals surface area contributed by atoms with Gasteiger partial charge in [0, 0.05) is 12.8 Å². The molecular formula is C17H12F6O3. The molecule has 0 aromatic heterocycles. The fraction of sp³-hybridized carbons (Fsp3) is 0.235. The summed E-state index contributed by atoms with van der Waals surface area (Å²) in [4.78, 5) is 12.0. The van der Waals surface area contributed by atoms with Gasteiger partial charge in [-0.25, -0.2) is 0 Å². The zero-order valence-electron chi connectivity index (χ0n) is 13.0. The molecule has 26 heavy (non-hydrogen) atoms. The predicted molar refractivity (Wildman–Crippen MR) is 78.7 cm³/mol. The number of hydrogen-bond donors (Lipinski definition) is 0. The molecule has 2 aromatic carbocycles. The van der Waals surface area contributed by atoms with Gasteiger partial charge in [-0.05, 0) is 35.4 Å². The number of ketones is 1. The number of benzene rings is 2. The molecule has 0 aliphatic rings. The first-order valence-corrected chi connectivity index (χ1v) is 7.21. The summed E-state index contributed by atoms with van der Waals surface area (Å²) in [5.74, 6) is -1.04. The molecule has 0 amide bonds. The van der Waals surface area contributed by atoms with Crippen LogP contribution in [0.15, 0.2) is 48.5 Å². The number of alkyl halides is 6. The second-order valence-electron chi connectivity index (χ2n) is 5.28. The van der Waals surface area contributed by atoms with Crippen molar-refractivity contribution < 1.29 is 40.6 Å². The number of Topliss-reactive ketones (excluding diaryl/α,β-unsaturated/α-hetero) is 1. The normalized spacial score (nSPS) is 11.9. The monoisotopic (exact) mass is 378 g/mol. The van der Waals surface area contributed by atoms with Gasteiger partial charge in [-0.2, -0.15) is 0 Å². The minimum atomic E-state index is -4.79. The van der Waals surface area contributed by atoms with Crippen LogP contribution in [0, 0.1) is 0 Å². The Morgan fingerprint density at radius 3 is 1.23 bits per heavy atom. The standard InChI is InChI=1S/C17H12F6O3/c18-16(19,20)25-14-5-1-11(2-6-14)9-13(24)10-12-3-7-15(8-4-12)26-17(21,22)23/h1-8H,9-10H2. The third kappa shape index (κ3) is 7.04. The Labute approximate surface area is 144 Å². The summed E-state index contributed by atoms with van der Waals surface area (Å²) >= 11 is 0. The Morgan fingerprint density at radius 2 is 0.962 bits per heavy atom. The first kappa shape index (κ1) is 19.6. The zero-order valence-corrected chi connectivity index (χ0v) is 13.0. The lowest BCUT2D eigenvalue weighted by molar-refractivity contribution is -0.275. The van der Waals surface area contributed by atoms with Crippen LogP contribution in [0.1, 0.15) is 11.1 Å². The van der Waals surface area contributed by atoms with Crippen molar-refractivity contribution in [2.24, 2.45) is 0 Å². The summed E-state index contributed by atoms with van der Waals surface area (Å²) in [6.07, 6.45) is -9.65. The number of carbonyl (C=O) groups excluding carboxylic acids is 1. The molecule has 0 N–H and O–H groups in total. The van der Waals surface area contributed by atoms with E-state index in [4.69, 9.17) is 0 Å². The number of halogens is 6. The molecule has 0 saturated carbocycles. The summed E-state index contributed by atoms with van der Waals surface area (Å²) in [6, 6.07) is 9.72. The van der Waals surface area contributed by atoms with Gasteiger partial charge in [-0.1, -0.05) is 24.3 Å². The smallest absolute Gasteiger partial charge is 0.406 e. The van der Waals surface area contributed by atoms with E-state index in [1.165, 1.54) is 24.3 Å². The lowest BCUT2D eigenvalue weighted by Crippen LogP contribution is -2.17. The highest BCUT2D eigenvalue weighted by Crippen LogP contribution is 2.24. The van der Waals surface area contributed by atoms with Crippen LogP contribution in [0.5, 0.6) is 11.5 Å². The van der Waals surface area contributed by atoms with Crippen LogP contribution >= 0.6 is 0 Å². The number of rotatable bonds is 6. The second-order valence-corrected chi connectivity index (χ2v) is 5.28. The molecule has 0 unspecified atom stereocenters. The Hall–Kier alpha value is -2.71. The van der Waals surface area contributed by atoms with E-state index >= 15 is 0 Å². The van der Waals surface area contributed by atoms with E-state index < -0.39 is 24.2 Å². The van der Waals surface area contributed by atoms with E-state index in [2.05, 4.69) is 9.47 Å². The van der Waals surface area contributed by atoms with Crippen molar-refractivity contribution in [1.29, 1.82) is 0 Å². The first-order chi connectivity index (χ1) is 12.0. The molecule has 2 aromatic rings. The molecule has 0 heterocycles. The van der Waals surface area contributed by atoms with Gasteiger partial charge in [0.05, 0.1) is 0 Å². The molecule has 0 fully saturated rings. The molecule has 0 atom stereocenters. The maximum Gasteiger partial charge on any atom is 0.573 e. The Kier molecular flexibility index (Phi) is 5.79. The molecular weight excluding hydrogens is 366 g/mol. The van der Waals surface area contributed by atoms with Crippen LogP contribution in [0.25, 0.3) is 0 Å². The first-order valence-electron chi connectivity index (χ1n) is 7.21. The lowest BCUT2D eigenvalue weighted by Gasteiger charge is -2.10. The summed E-state index contributed by atoms with van der Waals surface area (Å²) in [5, 5.41) is 0. The molecule has 0 spiro atoms. The van der Waals surface area contributed by atoms with E-state index in [0.717, 1.165) is 24.3 Å². The van der Waals surface area contributed by atoms with Crippen molar-refractivity contribution in [1.82, 2.24) is 0 Å². The fourth-order valence-corrected chi connectivity index (χ4v) is 2.14. The summed E-state index contributed by atoms with van der Waals surface area (Å²) < 4.78 is 79.8. The highest BCUT2D eigenvalue weighted by Gasteiger charge is 2.31. The van der Waals surface area contributed by atoms with Crippen molar-refractivity contribution >= 4 is 5.78 Å². The Morgan fingerprint density at radius 1 is 0.654 bits per heavy atom. The van der Waals surface area contributed by atoms with Crippen LogP contribution in [0.4, 0.5) is 26.3 Å². The third-order valence-corrected chi connectivity index (χ3v) is 3.12. The minimum absolute atomic E-state index is 0.0346. The van der Waals surface area contributed by atoms with Crippen LogP contribution in [0.3, 0.4) is 0 Å². The molecule has 0 bridgehead atoms. The Bertz CT molecular complexity index is 670. The van der Waals surface area contributed by atoms with E-state index in [-0.39, 0.29) is 18.6 Å². The molecule has 0 aliphatic heterocycles. The zero-order chi connectivity index (χ0) is 19.4. The largest absolute Gasteiger partial charge is 0.573 e. The highest BCUT2D eigenvalue weighted by atomic mass is 19.4. The van der Waals surface area contributed by atoms with Gasteiger partial charge in [-0.3, -0.25) is 4.79 Å². The van der Waals surface area contributed by atoms with Gasteiger partial charge in [0.2, 0.25) is 0 Å². The molecule has 9 heteroatoms. The van der Waals surface area contributed by atoms with Crippen molar-refractivity contribution in [2.75, 3.05) is 0 Å². The third-order valence-electron chi connectivity index (χ3n) is 3.12. The van der Waals surface area contributed by atoms with Crippen LogP contribution < -0.4 is 9.47 Å². The maximum atomic E-state index is 12.1. The molecule has 140 valence electrons. The van der Waals surface area contributed by atoms with Crippen LogP contribution in [-0.4, -0.2) is 18.5 Å².